The zero-order chi connectivity index (χ0) is 12.7. The van der Waals surface area contributed by atoms with Crippen LogP contribution in [-0.4, -0.2) is 79.0 Å². The molecule has 0 aromatic carbocycles. The van der Waals surface area contributed by atoms with Crippen LogP contribution in [-0.2, 0) is 18.9 Å². The second-order valence-corrected chi connectivity index (χ2v) is 4.18. The Morgan fingerprint density at radius 2 is 0.667 bits per heavy atom. The molecule has 0 aromatic rings. The van der Waals surface area contributed by atoms with Gasteiger partial charge in [-0.2, -0.15) is 0 Å². The summed E-state index contributed by atoms with van der Waals surface area (Å²) < 4.78 is 21.8. The van der Waals surface area contributed by atoms with Crippen molar-refractivity contribution in [2.45, 2.75) is 0 Å². The summed E-state index contributed by atoms with van der Waals surface area (Å²) in [6.07, 6.45) is 0. The minimum Gasteiger partial charge on any atom is -0.377 e. The summed E-state index contributed by atoms with van der Waals surface area (Å²) in [5, 5.41) is 4.45. The Hall–Kier alpha value is -0.240. The molecule has 18 heavy (non-hydrogen) atoms. The van der Waals surface area contributed by atoms with Crippen molar-refractivity contribution < 1.29 is 29.6 Å². The highest BCUT2D eigenvalue weighted by molar-refractivity contribution is 4.34. The van der Waals surface area contributed by atoms with E-state index in [1.165, 1.54) is 0 Å². The third-order valence-electron chi connectivity index (χ3n) is 2.61. The zero-order valence-electron chi connectivity index (χ0n) is 11.3. The molecule has 0 bridgehead atoms. The molecular weight excluding hydrogens is 236 g/mol. The molecule has 6 nitrogen and oxygen atoms in total. The van der Waals surface area contributed by atoms with E-state index in [0.29, 0.717) is 26.4 Å². The van der Waals surface area contributed by atoms with Gasteiger partial charge in [0.05, 0.1) is 79.0 Å². The first-order valence-electron chi connectivity index (χ1n) is 6.94. The highest BCUT2D eigenvalue weighted by atomic mass is 16.5. The van der Waals surface area contributed by atoms with Gasteiger partial charge in [-0.3, -0.25) is 0 Å². The van der Waals surface area contributed by atoms with Crippen LogP contribution in [0.5, 0.6) is 0 Å². The third kappa shape index (κ3) is 10.9. The standard InChI is InChI=1S/C12H26N2O4/c1-5-15-6-2-14-4-8-17-10-12-18-11-9-16-7-3-13-1/h13-14H,1-12H2/p+2. The van der Waals surface area contributed by atoms with Gasteiger partial charge in [0.1, 0.15) is 0 Å². The SMILES string of the molecule is C1COCC[NH2+]CCOCCOCCOCC[NH2+]1. The lowest BCUT2D eigenvalue weighted by Gasteiger charge is -2.08. The molecule has 1 heterocycles. The first kappa shape index (κ1) is 15.8. The second-order valence-electron chi connectivity index (χ2n) is 4.18. The number of nitrogens with two attached hydrogens (primary N) is 2. The van der Waals surface area contributed by atoms with Crippen molar-refractivity contribution in [3.63, 3.8) is 0 Å². The van der Waals surface area contributed by atoms with Crippen molar-refractivity contribution >= 4 is 0 Å². The van der Waals surface area contributed by atoms with Crippen molar-refractivity contribution in [2.24, 2.45) is 0 Å². The second kappa shape index (κ2) is 13.2. The van der Waals surface area contributed by atoms with Gasteiger partial charge in [0.15, 0.2) is 0 Å². The molecule has 0 radical (unpaired) electrons. The highest BCUT2D eigenvalue weighted by Crippen LogP contribution is 1.80. The summed E-state index contributed by atoms with van der Waals surface area (Å²) in [7, 11) is 0. The van der Waals surface area contributed by atoms with E-state index in [9.17, 15) is 0 Å². The topological polar surface area (TPSA) is 70.1 Å². The molecule has 0 atom stereocenters. The summed E-state index contributed by atoms with van der Waals surface area (Å²) in [6, 6.07) is 0. The summed E-state index contributed by atoms with van der Waals surface area (Å²) in [5.41, 5.74) is 0. The Morgan fingerprint density at radius 3 is 1.06 bits per heavy atom. The largest absolute Gasteiger partial charge is 0.377 e. The van der Waals surface area contributed by atoms with Gasteiger partial charge >= 0.3 is 0 Å². The Morgan fingerprint density at radius 1 is 0.389 bits per heavy atom. The summed E-state index contributed by atoms with van der Waals surface area (Å²) in [4.78, 5) is 0. The molecule has 108 valence electrons. The lowest BCUT2D eigenvalue weighted by Crippen LogP contribution is -2.87. The van der Waals surface area contributed by atoms with Crippen LogP contribution in [0.2, 0.25) is 0 Å². The molecule has 0 aromatic heterocycles. The van der Waals surface area contributed by atoms with Gasteiger partial charge in [-0.15, -0.1) is 0 Å². The van der Waals surface area contributed by atoms with Gasteiger partial charge in [-0.05, 0) is 0 Å². The minimum atomic E-state index is 0.651. The average Bonchev–Trinajstić information content (AvgIpc) is 2.39. The molecule has 1 saturated heterocycles. The maximum atomic E-state index is 5.51. The predicted octanol–water partition coefficient (Wildman–Crippen LogP) is -2.81. The molecule has 1 aliphatic rings. The molecule has 6 heteroatoms. The van der Waals surface area contributed by atoms with Gasteiger partial charge < -0.3 is 29.6 Å². The fourth-order valence-electron chi connectivity index (χ4n) is 1.60. The monoisotopic (exact) mass is 264 g/mol. The van der Waals surface area contributed by atoms with Gasteiger partial charge in [0.2, 0.25) is 0 Å². The molecule has 0 saturated carbocycles. The van der Waals surface area contributed by atoms with E-state index < -0.39 is 0 Å². The number of rotatable bonds is 0. The zero-order valence-corrected chi connectivity index (χ0v) is 11.3. The molecule has 0 spiro atoms. The van der Waals surface area contributed by atoms with E-state index in [1.807, 2.05) is 0 Å². The molecule has 1 rings (SSSR count). The predicted molar refractivity (Wildman–Crippen MR) is 66.6 cm³/mol. The number of quaternary nitrogens is 2. The average molecular weight is 264 g/mol. The first-order valence-corrected chi connectivity index (χ1v) is 6.94. The lowest BCUT2D eigenvalue weighted by atomic mass is 10.6. The smallest absolute Gasteiger partial charge is 0.0993 e. The quantitative estimate of drug-likeness (QED) is 0.496. The Labute approximate surface area is 109 Å². The van der Waals surface area contributed by atoms with E-state index in [0.717, 1.165) is 52.6 Å². The maximum absolute atomic E-state index is 5.51. The Bertz CT molecular complexity index is 97.1. The van der Waals surface area contributed by atoms with E-state index in [-0.39, 0.29) is 0 Å². The summed E-state index contributed by atoms with van der Waals surface area (Å²) in [5.74, 6) is 0. The van der Waals surface area contributed by atoms with E-state index in [1.54, 1.807) is 0 Å². The minimum absolute atomic E-state index is 0.651. The summed E-state index contributed by atoms with van der Waals surface area (Å²) in [6.45, 7) is 9.78. The fourth-order valence-corrected chi connectivity index (χ4v) is 1.60. The van der Waals surface area contributed by atoms with Crippen LogP contribution >= 0.6 is 0 Å². The molecule has 4 N–H and O–H groups in total. The molecule has 1 aliphatic heterocycles. The van der Waals surface area contributed by atoms with Gasteiger partial charge in [0.25, 0.3) is 0 Å². The normalized spacial score (nSPS) is 24.0. The van der Waals surface area contributed by atoms with Crippen molar-refractivity contribution in [1.29, 1.82) is 0 Å². The molecular formula is C12H28N2O4+2. The van der Waals surface area contributed by atoms with Crippen LogP contribution in [0.15, 0.2) is 0 Å². The van der Waals surface area contributed by atoms with Crippen molar-refractivity contribution in [3.05, 3.63) is 0 Å². The lowest BCUT2D eigenvalue weighted by molar-refractivity contribution is -0.663. The Kier molecular flexibility index (Phi) is 11.6. The molecule has 0 aliphatic carbocycles. The van der Waals surface area contributed by atoms with Crippen molar-refractivity contribution in [3.8, 4) is 0 Å². The van der Waals surface area contributed by atoms with E-state index in [2.05, 4.69) is 10.6 Å². The first-order chi connectivity index (χ1) is 9.00. The van der Waals surface area contributed by atoms with Crippen LogP contribution in [0.3, 0.4) is 0 Å². The number of hydrogen-bond acceptors (Lipinski definition) is 4. The van der Waals surface area contributed by atoms with Crippen molar-refractivity contribution in [1.82, 2.24) is 0 Å². The van der Waals surface area contributed by atoms with Gasteiger partial charge in [-0.1, -0.05) is 0 Å². The molecule has 0 unspecified atom stereocenters. The number of hydrogen-bond donors (Lipinski definition) is 2. The van der Waals surface area contributed by atoms with Gasteiger partial charge in [0, 0.05) is 0 Å². The van der Waals surface area contributed by atoms with Crippen molar-refractivity contribution in [2.75, 3.05) is 79.0 Å². The highest BCUT2D eigenvalue weighted by Gasteiger charge is 1.97. The van der Waals surface area contributed by atoms with E-state index >= 15 is 0 Å². The fraction of sp³-hybridized carbons (Fsp3) is 1.00. The Balaban J connectivity index is 2.00. The van der Waals surface area contributed by atoms with Crippen LogP contribution < -0.4 is 10.6 Å². The number of ether oxygens (including phenoxy) is 4. The molecule has 0 amide bonds. The van der Waals surface area contributed by atoms with Crippen LogP contribution in [0.1, 0.15) is 0 Å². The van der Waals surface area contributed by atoms with Crippen LogP contribution in [0.25, 0.3) is 0 Å². The summed E-state index contributed by atoms with van der Waals surface area (Å²) >= 11 is 0. The van der Waals surface area contributed by atoms with Crippen LogP contribution in [0.4, 0.5) is 0 Å². The third-order valence-corrected chi connectivity index (χ3v) is 2.61. The maximum Gasteiger partial charge on any atom is 0.0993 e. The van der Waals surface area contributed by atoms with Crippen LogP contribution in [0, 0.1) is 0 Å². The van der Waals surface area contributed by atoms with Gasteiger partial charge in [-0.25, -0.2) is 0 Å². The molecule has 1 fully saturated rings. The van der Waals surface area contributed by atoms with E-state index in [4.69, 9.17) is 18.9 Å².